The highest BCUT2D eigenvalue weighted by Gasteiger charge is 2.44. The molecule has 0 radical (unpaired) electrons. The van der Waals surface area contributed by atoms with Gasteiger partial charge in [-0.3, -0.25) is 9.59 Å². The predicted octanol–water partition coefficient (Wildman–Crippen LogP) is 2.88. The van der Waals surface area contributed by atoms with E-state index in [1.54, 1.807) is 0 Å². The SMILES string of the molecule is CC(=O)C(=O)CC1(CCO)c2ccccc2-c2ccccc21. The number of carbonyl (C=O) groups is 2. The Labute approximate surface area is 129 Å². The summed E-state index contributed by atoms with van der Waals surface area (Å²) < 4.78 is 0. The number of aliphatic hydroxyl groups excluding tert-OH is 1. The average Bonchev–Trinajstić information content (AvgIpc) is 2.79. The lowest BCUT2D eigenvalue weighted by atomic mass is 9.71. The number of hydrogen-bond donors (Lipinski definition) is 1. The summed E-state index contributed by atoms with van der Waals surface area (Å²) in [6.45, 7) is 1.27. The Kier molecular flexibility index (Phi) is 3.67. The monoisotopic (exact) mass is 294 g/mol. The zero-order chi connectivity index (χ0) is 15.7. The molecular formula is C19H18O3. The first-order valence-corrected chi connectivity index (χ1v) is 7.44. The average molecular weight is 294 g/mol. The van der Waals surface area contributed by atoms with Gasteiger partial charge in [0.05, 0.1) is 0 Å². The molecule has 0 saturated heterocycles. The molecule has 0 unspecified atom stereocenters. The number of hydrogen-bond acceptors (Lipinski definition) is 3. The highest BCUT2D eigenvalue weighted by Crippen LogP contribution is 2.52. The molecule has 3 heteroatoms. The van der Waals surface area contributed by atoms with Crippen molar-refractivity contribution in [2.45, 2.75) is 25.2 Å². The number of ketones is 2. The van der Waals surface area contributed by atoms with Gasteiger partial charge in [-0.1, -0.05) is 48.5 Å². The van der Waals surface area contributed by atoms with Crippen LogP contribution in [-0.2, 0) is 15.0 Å². The molecule has 3 nitrogen and oxygen atoms in total. The van der Waals surface area contributed by atoms with Crippen molar-refractivity contribution >= 4 is 11.6 Å². The minimum absolute atomic E-state index is 0.0339. The number of carbonyl (C=O) groups excluding carboxylic acids is 2. The number of fused-ring (bicyclic) bond motifs is 3. The van der Waals surface area contributed by atoms with Gasteiger partial charge < -0.3 is 5.11 Å². The molecule has 2 aromatic carbocycles. The Bertz CT molecular complexity index is 700. The highest BCUT2D eigenvalue weighted by molar-refractivity contribution is 6.36. The summed E-state index contributed by atoms with van der Waals surface area (Å²) in [5.74, 6) is -0.820. The molecule has 0 bridgehead atoms. The summed E-state index contributed by atoms with van der Waals surface area (Å²) in [5.41, 5.74) is 3.62. The third-order valence-electron chi connectivity index (χ3n) is 4.57. The lowest BCUT2D eigenvalue weighted by molar-refractivity contribution is -0.136. The second-order valence-electron chi connectivity index (χ2n) is 5.80. The van der Waals surface area contributed by atoms with Crippen molar-refractivity contribution in [1.82, 2.24) is 0 Å². The number of rotatable bonds is 5. The first-order valence-electron chi connectivity index (χ1n) is 7.44. The van der Waals surface area contributed by atoms with Crippen LogP contribution in [0.25, 0.3) is 11.1 Å². The summed E-state index contributed by atoms with van der Waals surface area (Å²) >= 11 is 0. The van der Waals surface area contributed by atoms with Gasteiger partial charge in [0.1, 0.15) is 0 Å². The molecule has 3 rings (SSSR count). The molecule has 0 aromatic heterocycles. The molecule has 0 fully saturated rings. The van der Waals surface area contributed by atoms with Gasteiger partial charge >= 0.3 is 0 Å². The maximum absolute atomic E-state index is 12.2. The van der Waals surface area contributed by atoms with E-state index in [1.807, 2.05) is 48.5 Å². The van der Waals surface area contributed by atoms with Gasteiger partial charge in [-0.25, -0.2) is 0 Å². The van der Waals surface area contributed by atoms with Crippen molar-refractivity contribution in [1.29, 1.82) is 0 Å². The van der Waals surface area contributed by atoms with E-state index in [0.717, 1.165) is 22.3 Å². The van der Waals surface area contributed by atoms with Crippen molar-refractivity contribution in [2.24, 2.45) is 0 Å². The molecule has 0 saturated carbocycles. The van der Waals surface area contributed by atoms with E-state index in [4.69, 9.17) is 0 Å². The van der Waals surface area contributed by atoms with Crippen LogP contribution in [0, 0.1) is 0 Å². The molecular weight excluding hydrogens is 276 g/mol. The molecule has 1 aliphatic carbocycles. The summed E-state index contributed by atoms with van der Waals surface area (Å²) in [6.07, 6.45) is 0.539. The molecule has 0 amide bonds. The summed E-state index contributed by atoms with van der Waals surface area (Å²) in [6, 6.07) is 15.9. The maximum Gasteiger partial charge on any atom is 0.199 e. The minimum Gasteiger partial charge on any atom is -0.396 e. The molecule has 0 aliphatic heterocycles. The van der Waals surface area contributed by atoms with Crippen LogP contribution in [0.3, 0.4) is 0 Å². The molecule has 1 N–H and O–H groups in total. The van der Waals surface area contributed by atoms with Crippen LogP contribution in [0.15, 0.2) is 48.5 Å². The van der Waals surface area contributed by atoms with Crippen LogP contribution in [0.4, 0.5) is 0 Å². The van der Waals surface area contributed by atoms with E-state index in [-0.39, 0.29) is 18.8 Å². The Hall–Kier alpha value is -2.26. The van der Waals surface area contributed by atoms with E-state index >= 15 is 0 Å². The quantitative estimate of drug-likeness (QED) is 0.863. The fraction of sp³-hybridized carbons (Fsp3) is 0.263. The third-order valence-corrected chi connectivity index (χ3v) is 4.57. The number of Topliss-reactive ketones (excluding diaryl/α,β-unsaturated/α-hetero) is 2. The zero-order valence-corrected chi connectivity index (χ0v) is 12.5. The van der Waals surface area contributed by atoms with E-state index in [2.05, 4.69) is 0 Å². The van der Waals surface area contributed by atoms with Crippen LogP contribution in [0.2, 0.25) is 0 Å². The van der Waals surface area contributed by atoms with Crippen LogP contribution < -0.4 is 0 Å². The van der Waals surface area contributed by atoms with Crippen LogP contribution in [0.1, 0.15) is 30.9 Å². The lowest BCUT2D eigenvalue weighted by Crippen LogP contribution is -2.32. The molecule has 22 heavy (non-hydrogen) atoms. The zero-order valence-electron chi connectivity index (χ0n) is 12.5. The summed E-state index contributed by atoms with van der Waals surface area (Å²) in [4.78, 5) is 23.7. The largest absolute Gasteiger partial charge is 0.396 e. The lowest BCUT2D eigenvalue weighted by Gasteiger charge is -2.30. The Morgan fingerprint density at radius 2 is 1.45 bits per heavy atom. The summed E-state index contributed by atoms with van der Waals surface area (Å²) in [7, 11) is 0. The van der Waals surface area contributed by atoms with Gasteiger partial charge in [-0.05, 0) is 28.7 Å². The highest BCUT2D eigenvalue weighted by atomic mass is 16.3. The van der Waals surface area contributed by atoms with Crippen LogP contribution in [0.5, 0.6) is 0 Å². The topological polar surface area (TPSA) is 54.4 Å². The van der Waals surface area contributed by atoms with Crippen LogP contribution in [-0.4, -0.2) is 23.3 Å². The number of aliphatic hydroxyl groups is 1. The fourth-order valence-corrected chi connectivity index (χ4v) is 3.55. The fourth-order valence-electron chi connectivity index (χ4n) is 3.55. The van der Waals surface area contributed by atoms with Gasteiger partial charge in [-0.2, -0.15) is 0 Å². The van der Waals surface area contributed by atoms with Crippen molar-refractivity contribution in [3.05, 3.63) is 59.7 Å². The standard InChI is InChI=1S/C19H18O3/c1-13(21)18(22)12-19(10-11-20)16-8-4-2-6-14(16)15-7-3-5-9-17(15)19/h2-9,20H,10-12H2,1H3. The van der Waals surface area contributed by atoms with E-state index < -0.39 is 11.2 Å². The molecule has 0 heterocycles. The first kappa shape index (κ1) is 14.7. The van der Waals surface area contributed by atoms with Crippen molar-refractivity contribution in [2.75, 3.05) is 6.61 Å². The Morgan fingerprint density at radius 1 is 0.955 bits per heavy atom. The normalized spacial score (nSPS) is 14.3. The van der Waals surface area contributed by atoms with Gasteiger partial charge in [0.15, 0.2) is 11.6 Å². The van der Waals surface area contributed by atoms with Gasteiger partial charge in [0, 0.05) is 25.4 Å². The minimum atomic E-state index is -0.606. The smallest absolute Gasteiger partial charge is 0.199 e. The second kappa shape index (κ2) is 5.50. The molecule has 112 valence electrons. The van der Waals surface area contributed by atoms with Crippen molar-refractivity contribution in [3.63, 3.8) is 0 Å². The summed E-state index contributed by atoms with van der Waals surface area (Å²) in [5, 5.41) is 9.60. The van der Waals surface area contributed by atoms with Crippen LogP contribution >= 0.6 is 0 Å². The van der Waals surface area contributed by atoms with E-state index in [0.29, 0.717) is 6.42 Å². The van der Waals surface area contributed by atoms with E-state index in [1.165, 1.54) is 6.92 Å². The Morgan fingerprint density at radius 3 is 1.91 bits per heavy atom. The molecule has 0 spiro atoms. The number of benzene rings is 2. The van der Waals surface area contributed by atoms with E-state index in [9.17, 15) is 14.7 Å². The van der Waals surface area contributed by atoms with Gasteiger partial charge in [-0.15, -0.1) is 0 Å². The Balaban J connectivity index is 2.24. The molecule has 2 aromatic rings. The van der Waals surface area contributed by atoms with Crippen molar-refractivity contribution < 1.29 is 14.7 Å². The first-order chi connectivity index (χ1) is 10.6. The van der Waals surface area contributed by atoms with Gasteiger partial charge in [0.2, 0.25) is 0 Å². The maximum atomic E-state index is 12.2. The van der Waals surface area contributed by atoms with Gasteiger partial charge in [0.25, 0.3) is 0 Å². The predicted molar refractivity (Wildman–Crippen MR) is 84.7 cm³/mol. The third kappa shape index (κ3) is 2.09. The molecule has 1 aliphatic rings. The molecule has 0 atom stereocenters. The van der Waals surface area contributed by atoms with Crippen molar-refractivity contribution in [3.8, 4) is 11.1 Å². The second-order valence-corrected chi connectivity index (χ2v) is 5.80.